The zero-order chi connectivity index (χ0) is 22.5. The third-order valence-electron chi connectivity index (χ3n) is 5.43. The van der Waals surface area contributed by atoms with Gasteiger partial charge in [0.15, 0.2) is 0 Å². The summed E-state index contributed by atoms with van der Waals surface area (Å²) in [5, 5.41) is 12.0. The summed E-state index contributed by atoms with van der Waals surface area (Å²) in [5.41, 5.74) is 1.23. The van der Waals surface area contributed by atoms with Gasteiger partial charge in [0.25, 0.3) is 10.1 Å². The van der Waals surface area contributed by atoms with Crippen LogP contribution < -0.4 is 39.4 Å². The molecule has 0 amide bonds. The first-order chi connectivity index (χ1) is 14.9. The molecule has 7 heteroatoms. The maximum atomic E-state index is 12.0. The van der Waals surface area contributed by atoms with E-state index in [0.717, 1.165) is 18.6 Å². The van der Waals surface area contributed by atoms with Crippen LogP contribution in [0.2, 0.25) is 0 Å². The fourth-order valence-electron chi connectivity index (χ4n) is 3.58. The van der Waals surface area contributed by atoms with Crippen LogP contribution in [-0.2, 0) is 16.5 Å². The molecule has 5 nitrogen and oxygen atoms in total. The Labute approximate surface area is 215 Å². The van der Waals surface area contributed by atoms with Crippen molar-refractivity contribution >= 4 is 10.1 Å². The first kappa shape index (κ1) is 29.0. The Morgan fingerprint density at radius 2 is 1.34 bits per heavy atom. The van der Waals surface area contributed by atoms with Crippen molar-refractivity contribution < 1.29 is 52.4 Å². The zero-order valence-corrected chi connectivity index (χ0v) is 22.3. The molecule has 2 aromatic carbocycles. The molecule has 0 aromatic heterocycles. The van der Waals surface area contributed by atoms with Gasteiger partial charge in [0.2, 0.25) is 0 Å². The van der Waals surface area contributed by atoms with E-state index in [0.29, 0.717) is 5.75 Å². The SMILES string of the molecule is CCCCCCCCCCCCCc1ccc(Oc2ccc(S(=O)(=O)O)cc2[O-])cc1.[Na+]. The summed E-state index contributed by atoms with van der Waals surface area (Å²) < 4.78 is 36.7. The monoisotopic (exact) mass is 470 g/mol. The molecule has 0 unspecified atom stereocenters. The average molecular weight is 471 g/mol. The van der Waals surface area contributed by atoms with Gasteiger partial charge in [-0.15, -0.1) is 0 Å². The van der Waals surface area contributed by atoms with Gasteiger partial charge >= 0.3 is 29.6 Å². The van der Waals surface area contributed by atoms with E-state index >= 15 is 0 Å². The molecular weight excluding hydrogens is 435 g/mol. The average Bonchev–Trinajstić information content (AvgIpc) is 2.74. The molecule has 0 atom stereocenters. The molecule has 0 saturated heterocycles. The van der Waals surface area contributed by atoms with E-state index in [-0.39, 0.29) is 35.3 Å². The first-order valence-electron chi connectivity index (χ1n) is 11.5. The van der Waals surface area contributed by atoms with E-state index in [1.807, 2.05) is 24.3 Å². The third-order valence-corrected chi connectivity index (χ3v) is 6.28. The number of unbranched alkanes of at least 4 members (excludes halogenated alkanes) is 10. The quantitative estimate of drug-likeness (QED) is 0.244. The summed E-state index contributed by atoms with van der Waals surface area (Å²) in [6.07, 6.45) is 15.6. The number of benzene rings is 2. The predicted molar refractivity (Wildman–Crippen MR) is 122 cm³/mol. The molecule has 0 saturated carbocycles. The Bertz CT molecular complexity index is 882. The number of aryl methyl sites for hydroxylation is 1. The van der Waals surface area contributed by atoms with Gasteiger partial charge in [0.05, 0.1) is 4.90 Å². The largest absolute Gasteiger partial charge is 1.00 e. The molecule has 1 N–H and O–H groups in total. The van der Waals surface area contributed by atoms with Crippen LogP contribution in [0.15, 0.2) is 47.4 Å². The standard InChI is InChI=1S/C25H36O5S.Na/c1-2-3-4-5-6-7-8-9-10-11-12-13-21-14-16-22(17-15-21)30-25-19-18-23(20-24(25)26)31(27,28)29;/h14-20,26H,2-13H2,1H3,(H,27,28,29);/q;+1/p-1. The summed E-state index contributed by atoms with van der Waals surface area (Å²) in [5.74, 6) is -0.0648. The van der Waals surface area contributed by atoms with Crippen LogP contribution in [0.5, 0.6) is 17.2 Å². The van der Waals surface area contributed by atoms with Crippen molar-refractivity contribution in [3.63, 3.8) is 0 Å². The fourth-order valence-corrected chi connectivity index (χ4v) is 4.07. The van der Waals surface area contributed by atoms with Crippen LogP contribution in [0, 0.1) is 0 Å². The number of hydrogen-bond donors (Lipinski definition) is 1. The van der Waals surface area contributed by atoms with Crippen molar-refractivity contribution in [1.82, 2.24) is 0 Å². The van der Waals surface area contributed by atoms with Crippen molar-refractivity contribution in [2.75, 3.05) is 0 Å². The van der Waals surface area contributed by atoms with E-state index < -0.39 is 20.8 Å². The summed E-state index contributed by atoms with van der Waals surface area (Å²) >= 11 is 0. The second-order valence-corrected chi connectivity index (χ2v) is 9.54. The van der Waals surface area contributed by atoms with Crippen LogP contribution in [0.3, 0.4) is 0 Å². The predicted octanol–water partition coefficient (Wildman–Crippen LogP) is 3.66. The molecule has 2 rings (SSSR count). The van der Waals surface area contributed by atoms with E-state index in [1.165, 1.54) is 82.3 Å². The summed E-state index contributed by atoms with van der Waals surface area (Å²) in [6, 6.07) is 10.8. The van der Waals surface area contributed by atoms with Crippen LogP contribution in [0.25, 0.3) is 0 Å². The van der Waals surface area contributed by atoms with Crippen LogP contribution in [0.4, 0.5) is 0 Å². The minimum Gasteiger partial charge on any atom is -0.870 e. The molecule has 0 aliphatic carbocycles. The summed E-state index contributed by atoms with van der Waals surface area (Å²) in [4.78, 5) is -0.438. The molecule has 32 heavy (non-hydrogen) atoms. The molecule has 0 aliphatic rings. The van der Waals surface area contributed by atoms with Gasteiger partial charge in [0, 0.05) is 0 Å². The number of rotatable bonds is 15. The molecule has 0 heterocycles. The molecule has 0 aliphatic heterocycles. The van der Waals surface area contributed by atoms with Crippen molar-refractivity contribution in [3.8, 4) is 17.2 Å². The topological polar surface area (TPSA) is 86.7 Å². The molecule has 0 radical (unpaired) electrons. The summed E-state index contributed by atoms with van der Waals surface area (Å²) in [6.45, 7) is 2.25. The van der Waals surface area contributed by atoms with Gasteiger partial charge in [-0.3, -0.25) is 4.55 Å². The van der Waals surface area contributed by atoms with E-state index in [1.54, 1.807) is 0 Å². The van der Waals surface area contributed by atoms with Gasteiger partial charge in [0.1, 0.15) is 11.5 Å². The number of ether oxygens (including phenoxy) is 1. The maximum absolute atomic E-state index is 12.0. The van der Waals surface area contributed by atoms with Gasteiger partial charge in [-0.1, -0.05) is 89.0 Å². The van der Waals surface area contributed by atoms with Gasteiger partial charge in [-0.05, 0) is 48.7 Å². The zero-order valence-electron chi connectivity index (χ0n) is 19.5. The van der Waals surface area contributed by atoms with E-state index in [9.17, 15) is 13.5 Å². The van der Waals surface area contributed by atoms with Gasteiger partial charge in [-0.2, -0.15) is 8.42 Å². The van der Waals surface area contributed by atoms with Crippen LogP contribution >= 0.6 is 0 Å². The number of hydrogen-bond acceptors (Lipinski definition) is 4. The molecule has 0 bridgehead atoms. The summed E-state index contributed by atoms with van der Waals surface area (Å²) in [7, 11) is -4.40. The van der Waals surface area contributed by atoms with Crippen LogP contribution in [0.1, 0.15) is 83.1 Å². The fraction of sp³-hybridized carbons (Fsp3) is 0.520. The first-order valence-corrected chi connectivity index (χ1v) is 12.9. The van der Waals surface area contributed by atoms with E-state index in [2.05, 4.69) is 6.92 Å². The normalized spacial score (nSPS) is 11.2. The molecule has 0 spiro atoms. The minimum absolute atomic E-state index is 0. The van der Waals surface area contributed by atoms with Crippen molar-refractivity contribution in [1.29, 1.82) is 0 Å². The third kappa shape index (κ3) is 11.2. The van der Waals surface area contributed by atoms with Crippen molar-refractivity contribution in [2.45, 2.75) is 88.9 Å². The van der Waals surface area contributed by atoms with Gasteiger partial charge < -0.3 is 9.84 Å². The maximum Gasteiger partial charge on any atom is 1.00 e. The van der Waals surface area contributed by atoms with Crippen molar-refractivity contribution in [3.05, 3.63) is 48.0 Å². The van der Waals surface area contributed by atoms with Crippen LogP contribution in [-0.4, -0.2) is 13.0 Å². The van der Waals surface area contributed by atoms with Crippen molar-refractivity contribution in [2.24, 2.45) is 0 Å². The van der Waals surface area contributed by atoms with E-state index in [4.69, 9.17) is 9.29 Å². The van der Waals surface area contributed by atoms with Gasteiger partial charge in [-0.25, -0.2) is 0 Å². The second kappa shape index (κ2) is 15.7. The molecular formula is C25H35NaO5S. The second-order valence-electron chi connectivity index (χ2n) is 8.12. The smallest absolute Gasteiger partial charge is 0.870 e. The Balaban J connectivity index is 0.00000512. The Morgan fingerprint density at radius 3 is 1.84 bits per heavy atom. The minimum atomic E-state index is -4.40. The molecule has 172 valence electrons. The Kier molecular flexibility index (Phi) is 14.2. The molecule has 0 fully saturated rings. The molecule has 2 aromatic rings. The Morgan fingerprint density at radius 1 is 0.812 bits per heavy atom. The Hall–Kier alpha value is -1.05.